The van der Waals surface area contributed by atoms with E-state index in [9.17, 15) is 9.59 Å². The van der Waals surface area contributed by atoms with Gasteiger partial charge in [0.2, 0.25) is 5.76 Å². The highest BCUT2D eigenvalue weighted by molar-refractivity contribution is 6.32. The van der Waals surface area contributed by atoms with Gasteiger partial charge in [0.05, 0.1) is 23.6 Å². The second-order valence-electron chi connectivity index (χ2n) is 8.51. The minimum atomic E-state index is -0.603. The number of halogens is 1. The largest absolute Gasteiger partial charge is 0.494 e. The molecule has 0 radical (unpaired) electrons. The molecule has 0 aliphatic carbocycles. The predicted molar refractivity (Wildman–Crippen MR) is 133 cm³/mol. The van der Waals surface area contributed by atoms with Gasteiger partial charge < -0.3 is 14.1 Å². The van der Waals surface area contributed by atoms with Crippen LogP contribution in [0.1, 0.15) is 52.2 Å². The molecule has 2 heterocycles. The minimum Gasteiger partial charge on any atom is -0.494 e. The van der Waals surface area contributed by atoms with Gasteiger partial charge in [0.1, 0.15) is 11.3 Å². The molecule has 0 saturated carbocycles. The van der Waals surface area contributed by atoms with Crippen molar-refractivity contribution in [1.82, 2.24) is 4.90 Å². The molecule has 6 heteroatoms. The van der Waals surface area contributed by atoms with Crippen LogP contribution < -0.4 is 10.2 Å². The Morgan fingerprint density at radius 3 is 2.59 bits per heavy atom. The molecular weight excluding hydrogens is 450 g/mol. The summed E-state index contributed by atoms with van der Waals surface area (Å²) in [7, 11) is 0. The zero-order valence-corrected chi connectivity index (χ0v) is 19.8. The molecule has 172 valence electrons. The van der Waals surface area contributed by atoms with Gasteiger partial charge in [0, 0.05) is 11.6 Å². The van der Waals surface area contributed by atoms with Crippen molar-refractivity contribution in [3.8, 4) is 5.75 Å². The Labute approximate surface area is 202 Å². The van der Waals surface area contributed by atoms with Crippen LogP contribution in [-0.4, -0.2) is 17.4 Å². The van der Waals surface area contributed by atoms with Crippen molar-refractivity contribution in [3.63, 3.8) is 0 Å². The van der Waals surface area contributed by atoms with Crippen molar-refractivity contribution >= 4 is 28.5 Å². The van der Waals surface area contributed by atoms with E-state index in [0.717, 1.165) is 23.1 Å². The third kappa shape index (κ3) is 3.86. The second kappa shape index (κ2) is 8.99. The maximum atomic E-state index is 13.7. The van der Waals surface area contributed by atoms with Gasteiger partial charge in [-0.25, -0.2) is 0 Å². The van der Waals surface area contributed by atoms with E-state index < -0.39 is 6.04 Å². The first kappa shape index (κ1) is 22.2. The summed E-state index contributed by atoms with van der Waals surface area (Å²) in [5.74, 6) is 0.471. The first-order valence-electron chi connectivity index (χ1n) is 11.3. The predicted octanol–water partition coefficient (Wildman–Crippen LogP) is 6.29. The molecular formula is C28H24ClNO4. The van der Waals surface area contributed by atoms with Crippen molar-refractivity contribution in [2.45, 2.75) is 32.9 Å². The van der Waals surface area contributed by atoms with Gasteiger partial charge >= 0.3 is 0 Å². The standard InChI is InChI=1S/C28H24ClNO4/c1-3-12-33-20-11-7-10-19(14-20)25-24-26(31)21-15-22(29)17(2)13-23(21)34-27(24)28(32)30(25)16-18-8-5-4-6-9-18/h4-11,13-15,25H,3,12,16H2,1-2H3. The summed E-state index contributed by atoms with van der Waals surface area (Å²) >= 11 is 6.32. The van der Waals surface area contributed by atoms with Crippen molar-refractivity contribution < 1.29 is 13.9 Å². The number of fused-ring (bicyclic) bond motifs is 2. The topological polar surface area (TPSA) is 59.8 Å². The Kier molecular flexibility index (Phi) is 5.88. The van der Waals surface area contributed by atoms with E-state index in [1.165, 1.54) is 0 Å². The number of rotatable bonds is 6. The molecule has 1 atom stereocenters. The van der Waals surface area contributed by atoms with E-state index in [1.807, 2.05) is 68.4 Å². The maximum absolute atomic E-state index is 13.7. The maximum Gasteiger partial charge on any atom is 0.291 e. The van der Waals surface area contributed by atoms with Gasteiger partial charge in [-0.05, 0) is 54.3 Å². The molecule has 0 N–H and O–H groups in total. The number of aryl methyl sites for hydroxylation is 1. The van der Waals surface area contributed by atoms with Gasteiger partial charge in [-0.1, -0.05) is 61.0 Å². The zero-order valence-electron chi connectivity index (χ0n) is 19.0. The highest BCUT2D eigenvalue weighted by Gasteiger charge is 2.42. The van der Waals surface area contributed by atoms with E-state index in [-0.39, 0.29) is 17.1 Å². The lowest BCUT2D eigenvalue weighted by molar-refractivity contribution is 0.0714. The summed E-state index contributed by atoms with van der Waals surface area (Å²) in [4.78, 5) is 29.1. The smallest absolute Gasteiger partial charge is 0.291 e. The quantitative estimate of drug-likeness (QED) is 0.330. The van der Waals surface area contributed by atoms with Gasteiger partial charge in [-0.3, -0.25) is 9.59 Å². The lowest BCUT2D eigenvalue weighted by atomic mass is 9.97. The molecule has 1 amide bonds. The second-order valence-corrected chi connectivity index (χ2v) is 8.92. The van der Waals surface area contributed by atoms with E-state index in [1.54, 1.807) is 17.0 Å². The Bertz CT molecular complexity index is 1440. The third-order valence-corrected chi connectivity index (χ3v) is 6.50. The van der Waals surface area contributed by atoms with E-state index in [0.29, 0.717) is 40.5 Å². The third-order valence-electron chi connectivity index (χ3n) is 6.09. The molecule has 3 aromatic carbocycles. The van der Waals surface area contributed by atoms with Gasteiger partial charge in [0.15, 0.2) is 5.43 Å². The van der Waals surface area contributed by atoms with E-state index >= 15 is 0 Å². The lowest BCUT2D eigenvalue weighted by Gasteiger charge is -2.25. The fraction of sp³-hybridized carbons (Fsp3) is 0.214. The van der Waals surface area contributed by atoms with Gasteiger partial charge in [-0.2, -0.15) is 0 Å². The van der Waals surface area contributed by atoms with Crippen LogP contribution in [0.25, 0.3) is 11.0 Å². The number of benzene rings is 3. The van der Waals surface area contributed by atoms with Crippen LogP contribution in [-0.2, 0) is 6.54 Å². The Balaban J connectivity index is 1.71. The van der Waals surface area contributed by atoms with E-state index in [2.05, 4.69) is 0 Å². The molecule has 5 nitrogen and oxygen atoms in total. The average molecular weight is 474 g/mol. The molecule has 5 rings (SSSR count). The molecule has 1 aromatic heterocycles. The fourth-order valence-electron chi connectivity index (χ4n) is 4.42. The fourth-order valence-corrected chi connectivity index (χ4v) is 4.59. The van der Waals surface area contributed by atoms with Crippen LogP contribution >= 0.6 is 11.6 Å². The van der Waals surface area contributed by atoms with Crippen molar-refractivity contribution in [2.75, 3.05) is 6.61 Å². The van der Waals surface area contributed by atoms with E-state index in [4.69, 9.17) is 20.8 Å². The summed E-state index contributed by atoms with van der Waals surface area (Å²) < 4.78 is 11.9. The van der Waals surface area contributed by atoms with Crippen molar-refractivity contribution in [1.29, 1.82) is 0 Å². The van der Waals surface area contributed by atoms with Crippen LogP contribution in [0.2, 0.25) is 5.02 Å². The molecule has 0 fully saturated rings. The highest BCUT2D eigenvalue weighted by atomic mass is 35.5. The minimum absolute atomic E-state index is 0.0834. The summed E-state index contributed by atoms with van der Waals surface area (Å²) in [6.45, 7) is 4.80. The molecule has 34 heavy (non-hydrogen) atoms. The van der Waals surface area contributed by atoms with Crippen molar-refractivity contribution in [2.24, 2.45) is 0 Å². The SMILES string of the molecule is CCCOc1cccc(C2c3c(oc4cc(C)c(Cl)cc4c3=O)C(=O)N2Cc2ccccc2)c1. The average Bonchev–Trinajstić information content (AvgIpc) is 3.11. The van der Waals surface area contributed by atoms with Crippen LogP contribution in [0.3, 0.4) is 0 Å². The number of nitrogens with zero attached hydrogens (tertiary/aromatic N) is 1. The summed E-state index contributed by atoms with van der Waals surface area (Å²) in [6.07, 6.45) is 0.880. The molecule has 0 bridgehead atoms. The number of carbonyl (C=O) groups is 1. The van der Waals surface area contributed by atoms with Gasteiger partial charge in [0.25, 0.3) is 5.91 Å². The monoisotopic (exact) mass is 473 g/mol. The molecule has 1 unspecified atom stereocenters. The van der Waals surface area contributed by atoms with Crippen LogP contribution in [0.4, 0.5) is 0 Å². The van der Waals surface area contributed by atoms with Crippen LogP contribution in [0, 0.1) is 6.92 Å². The first-order valence-corrected chi connectivity index (χ1v) is 11.7. The zero-order chi connectivity index (χ0) is 23.8. The first-order chi connectivity index (χ1) is 16.5. The summed E-state index contributed by atoms with van der Waals surface area (Å²) in [5, 5.41) is 0.851. The van der Waals surface area contributed by atoms with Crippen LogP contribution in [0.15, 0.2) is 75.9 Å². The molecule has 0 spiro atoms. The molecule has 0 saturated heterocycles. The number of hydrogen-bond donors (Lipinski definition) is 0. The number of carbonyl (C=O) groups excluding carboxylic acids is 1. The summed E-state index contributed by atoms with van der Waals surface area (Å²) in [6, 6.07) is 20.0. The molecule has 4 aromatic rings. The Morgan fingerprint density at radius 1 is 1.03 bits per heavy atom. The molecule has 1 aliphatic rings. The molecule has 1 aliphatic heterocycles. The highest BCUT2D eigenvalue weighted by Crippen LogP contribution is 2.40. The van der Waals surface area contributed by atoms with Crippen molar-refractivity contribution in [3.05, 3.63) is 110 Å². The van der Waals surface area contributed by atoms with Crippen LogP contribution in [0.5, 0.6) is 5.75 Å². The Hall–Kier alpha value is -3.57. The normalized spacial score (nSPS) is 15.1. The Morgan fingerprint density at radius 2 is 1.82 bits per heavy atom. The number of hydrogen-bond acceptors (Lipinski definition) is 4. The lowest BCUT2D eigenvalue weighted by Crippen LogP contribution is -2.29. The van der Waals surface area contributed by atoms with Gasteiger partial charge in [-0.15, -0.1) is 0 Å². The number of amides is 1. The number of ether oxygens (including phenoxy) is 1. The summed E-state index contributed by atoms with van der Waals surface area (Å²) in [5.41, 5.74) is 2.98.